The summed E-state index contributed by atoms with van der Waals surface area (Å²) >= 11 is 6.12. The average Bonchev–Trinajstić information content (AvgIpc) is 2.44. The van der Waals surface area contributed by atoms with E-state index in [2.05, 4.69) is 35.9 Å². The van der Waals surface area contributed by atoms with Gasteiger partial charge in [-0.25, -0.2) is 4.98 Å². The van der Waals surface area contributed by atoms with Gasteiger partial charge in [0, 0.05) is 53.2 Å². The van der Waals surface area contributed by atoms with Gasteiger partial charge in [0.05, 0.1) is 0 Å². The van der Waals surface area contributed by atoms with Crippen molar-refractivity contribution in [3.05, 3.63) is 35.1 Å². The van der Waals surface area contributed by atoms with Gasteiger partial charge in [-0.15, -0.1) is 0 Å². The lowest BCUT2D eigenvalue weighted by Gasteiger charge is -2.42. The molecule has 2 aromatic rings. The molecule has 1 aromatic heterocycles. The first-order valence-corrected chi connectivity index (χ1v) is 10.2. The van der Waals surface area contributed by atoms with Crippen LogP contribution in [0.25, 0.3) is 10.8 Å². The summed E-state index contributed by atoms with van der Waals surface area (Å²) in [4.78, 5) is 6.68. The zero-order chi connectivity index (χ0) is 16.6. The summed E-state index contributed by atoms with van der Waals surface area (Å²) in [7, 11) is -0.686. The summed E-state index contributed by atoms with van der Waals surface area (Å²) in [5, 5.41) is 2.93. The van der Waals surface area contributed by atoms with Gasteiger partial charge in [-0.1, -0.05) is 31.5 Å². The zero-order valence-corrected chi connectivity index (χ0v) is 15.5. The van der Waals surface area contributed by atoms with Crippen LogP contribution in [0.2, 0.25) is 5.15 Å². The van der Waals surface area contributed by atoms with Gasteiger partial charge < -0.3 is 4.90 Å². The molecule has 0 amide bonds. The lowest BCUT2D eigenvalue weighted by Crippen LogP contribution is -2.47. The Morgan fingerprint density at radius 3 is 2.74 bits per heavy atom. The van der Waals surface area contributed by atoms with Gasteiger partial charge in [-0.05, 0) is 41.3 Å². The molecule has 2 heterocycles. The smallest absolute Gasteiger partial charge is 0.129 e. The van der Waals surface area contributed by atoms with E-state index in [1.54, 1.807) is 6.26 Å². The van der Waals surface area contributed by atoms with Crippen molar-refractivity contribution in [1.82, 2.24) is 4.98 Å². The maximum Gasteiger partial charge on any atom is 0.129 e. The summed E-state index contributed by atoms with van der Waals surface area (Å²) in [6.07, 6.45) is 4.73. The molecule has 0 radical (unpaired) electrons. The molecule has 1 aromatic carbocycles. The molecule has 5 heteroatoms. The number of hydrogen-bond donors (Lipinski definition) is 0. The Bertz CT molecular complexity index is 741. The first kappa shape index (κ1) is 16.7. The molecular formula is C18H23ClN2OS. The van der Waals surface area contributed by atoms with Crippen molar-refractivity contribution >= 4 is 38.9 Å². The molecule has 0 aliphatic carbocycles. The second-order valence-electron chi connectivity index (χ2n) is 6.72. The first-order chi connectivity index (χ1) is 11.0. The van der Waals surface area contributed by atoms with E-state index in [1.165, 1.54) is 22.0 Å². The number of nitrogens with zero attached hydrogens (tertiary/aromatic N) is 2. The van der Waals surface area contributed by atoms with Crippen molar-refractivity contribution in [2.24, 2.45) is 5.92 Å². The Balaban J connectivity index is 1.86. The minimum atomic E-state index is -0.686. The highest BCUT2D eigenvalue weighted by atomic mass is 35.5. The third kappa shape index (κ3) is 3.53. The van der Waals surface area contributed by atoms with Crippen molar-refractivity contribution < 1.29 is 4.21 Å². The predicted molar refractivity (Wildman–Crippen MR) is 100 cm³/mol. The van der Waals surface area contributed by atoms with Gasteiger partial charge in [-0.2, -0.15) is 0 Å². The number of hydrogen-bond acceptors (Lipinski definition) is 3. The molecule has 23 heavy (non-hydrogen) atoms. The highest BCUT2D eigenvalue weighted by molar-refractivity contribution is 7.84. The van der Waals surface area contributed by atoms with Gasteiger partial charge in [0.15, 0.2) is 0 Å². The number of benzene rings is 1. The lowest BCUT2D eigenvalue weighted by molar-refractivity contribution is 0.401. The van der Waals surface area contributed by atoms with Crippen LogP contribution in [0.15, 0.2) is 24.4 Å². The molecule has 1 aliphatic heterocycles. The van der Waals surface area contributed by atoms with E-state index in [0.717, 1.165) is 25.3 Å². The number of halogens is 1. The lowest BCUT2D eigenvalue weighted by atomic mass is 9.92. The number of fused-ring (bicyclic) bond motifs is 1. The summed E-state index contributed by atoms with van der Waals surface area (Å²) in [5.41, 5.74) is 2.55. The van der Waals surface area contributed by atoms with Gasteiger partial charge in [0.2, 0.25) is 0 Å². The molecular weight excluding hydrogens is 328 g/mol. The van der Waals surface area contributed by atoms with Gasteiger partial charge >= 0.3 is 0 Å². The second-order valence-corrected chi connectivity index (χ2v) is 8.66. The van der Waals surface area contributed by atoms with E-state index in [0.29, 0.717) is 17.0 Å². The quantitative estimate of drug-likeness (QED) is 0.757. The monoisotopic (exact) mass is 350 g/mol. The molecule has 1 aliphatic rings. The third-order valence-corrected chi connectivity index (χ3v) is 5.63. The maximum absolute atomic E-state index is 11.2. The van der Waals surface area contributed by atoms with Gasteiger partial charge in [0.1, 0.15) is 5.15 Å². The molecule has 0 bridgehead atoms. The Morgan fingerprint density at radius 2 is 2.09 bits per heavy atom. The fraction of sp³-hybridized carbons (Fsp3) is 0.500. The number of aromatic nitrogens is 1. The van der Waals surface area contributed by atoms with Crippen LogP contribution in [0.5, 0.6) is 0 Å². The summed E-state index contributed by atoms with van der Waals surface area (Å²) in [5.74, 6) is 1.91. The second kappa shape index (κ2) is 6.78. The molecule has 1 fully saturated rings. The molecule has 3 rings (SSSR count). The molecule has 1 atom stereocenters. The van der Waals surface area contributed by atoms with Crippen LogP contribution in [-0.2, 0) is 10.8 Å². The van der Waals surface area contributed by atoms with Crippen molar-refractivity contribution in [1.29, 1.82) is 0 Å². The van der Waals surface area contributed by atoms with Crippen LogP contribution in [0, 0.1) is 5.92 Å². The molecule has 0 saturated carbocycles. The van der Waals surface area contributed by atoms with Crippen LogP contribution in [-0.4, -0.2) is 34.3 Å². The highest BCUT2D eigenvalue weighted by Gasteiger charge is 2.28. The summed E-state index contributed by atoms with van der Waals surface area (Å²) in [6, 6.07) is 6.40. The molecule has 0 unspecified atom stereocenters. The van der Waals surface area contributed by atoms with E-state index in [-0.39, 0.29) is 0 Å². The highest BCUT2D eigenvalue weighted by Crippen LogP contribution is 2.36. The standard InChI is InChI=1S/C18H23ClN2OS/c1-12(2)14-4-5-17(16-9-20-18(19)8-15(14)16)21-10-13(11-21)6-7-23(3)22/h4-5,8-9,12-13H,6-7,10-11H2,1-3H3/t23-/m1/s1. The molecule has 0 spiro atoms. The van der Waals surface area contributed by atoms with E-state index in [1.807, 2.05) is 12.3 Å². The minimum absolute atomic E-state index is 0.452. The topological polar surface area (TPSA) is 33.2 Å². The van der Waals surface area contributed by atoms with Crippen molar-refractivity contribution in [2.45, 2.75) is 26.2 Å². The van der Waals surface area contributed by atoms with Crippen molar-refractivity contribution in [3.8, 4) is 0 Å². The van der Waals surface area contributed by atoms with Crippen molar-refractivity contribution in [3.63, 3.8) is 0 Å². The molecule has 0 N–H and O–H groups in total. The van der Waals surface area contributed by atoms with E-state index < -0.39 is 10.8 Å². The SMILES string of the molecule is CC(C)c1ccc(N2CC(CC[S@@](C)=O)C2)c2cnc(Cl)cc12. The Morgan fingerprint density at radius 1 is 1.35 bits per heavy atom. The zero-order valence-electron chi connectivity index (χ0n) is 13.9. The van der Waals surface area contributed by atoms with Crippen LogP contribution in [0.4, 0.5) is 5.69 Å². The fourth-order valence-electron chi connectivity index (χ4n) is 3.28. The van der Waals surface area contributed by atoms with Crippen molar-refractivity contribution in [2.75, 3.05) is 30.0 Å². The van der Waals surface area contributed by atoms with Crippen LogP contribution < -0.4 is 4.90 Å². The van der Waals surface area contributed by atoms with Gasteiger partial charge in [0.25, 0.3) is 0 Å². The first-order valence-electron chi connectivity index (χ1n) is 8.09. The van der Waals surface area contributed by atoms with E-state index >= 15 is 0 Å². The van der Waals surface area contributed by atoms with Crippen LogP contribution >= 0.6 is 11.6 Å². The Labute approximate surface area is 145 Å². The van der Waals surface area contributed by atoms with E-state index in [9.17, 15) is 4.21 Å². The third-order valence-electron chi connectivity index (χ3n) is 4.61. The maximum atomic E-state index is 11.2. The summed E-state index contributed by atoms with van der Waals surface area (Å²) in [6.45, 7) is 6.48. The van der Waals surface area contributed by atoms with Crippen LogP contribution in [0.3, 0.4) is 0 Å². The van der Waals surface area contributed by atoms with Crippen LogP contribution in [0.1, 0.15) is 31.7 Å². The number of pyridine rings is 1. The molecule has 3 nitrogen and oxygen atoms in total. The average molecular weight is 351 g/mol. The molecule has 1 saturated heterocycles. The largest absolute Gasteiger partial charge is 0.370 e. The normalized spacial score (nSPS) is 16.8. The van der Waals surface area contributed by atoms with E-state index in [4.69, 9.17) is 11.6 Å². The Kier molecular flexibility index (Phi) is 4.93. The number of rotatable bonds is 5. The molecule has 124 valence electrons. The number of anilines is 1. The fourth-order valence-corrected chi connectivity index (χ4v) is 4.11. The predicted octanol–water partition coefficient (Wildman–Crippen LogP) is 4.22. The Hall–Kier alpha value is -1.13. The van der Waals surface area contributed by atoms with Gasteiger partial charge in [-0.3, -0.25) is 4.21 Å². The minimum Gasteiger partial charge on any atom is -0.370 e. The summed E-state index contributed by atoms with van der Waals surface area (Å²) < 4.78 is 11.2.